The van der Waals surface area contributed by atoms with Gasteiger partial charge in [0.2, 0.25) is 0 Å². The van der Waals surface area contributed by atoms with E-state index in [1.54, 1.807) is 12.1 Å². The molecule has 0 amide bonds. The third kappa shape index (κ3) is 3.43. The summed E-state index contributed by atoms with van der Waals surface area (Å²) in [6.45, 7) is 2.04. The van der Waals surface area contributed by atoms with Crippen molar-refractivity contribution in [3.05, 3.63) is 45.2 Å². The fourth-order valence-corrected chi connectivity index (χ4v) is 3.47. The fourth-order valence-electron chi connectivity index (χ4n) is 2.48. The lowest BCUT2D eigenvalue weighted by Gasteiger charge is -2.00. The van der Waals surface area contributed by atoms with Crippen LogP contribution in [-0.2, 0) is 13.0 Å². The summed E-state index contributed by atoms with van der Waals surface area (Å²) in [4.78, 5) is 12.4. The number of aromatic nitrogens is 3. The van der Waals surface area contributed by atoms with Gasteiger partial charge in [-0.1, -0.05) is 30.1 Å². The molecule has 0 aliphatic carbocycles. The van der Waals surface area contributed by atoms with Crippen molar-refractivity contribution in [2.24, 2.45) is 0 Å². The van der Waals surface area contributed by atoms with Crippen LogP contribution in [0.25, 0.3) is 10.6 Å². The molecule has 7 nitrogen and oxygen atoms in total. The summed E-state index contributed by atoms with van der Waals surface area (Å²) in [6.07, 6.45) is 1.30. The van der Waals surface area contributed by atoms with Crippen LogP contribution >= 0.6 is 22.9 Å². The number of rotatable bonds is 6. The van der Waals surface area contributed by atoms with Crippen molar-refractivity contribution in [2.45, 2.75) is 26.3 Å². The van der Waals surface area contributed by atoms with Crippen molar-refractivity contribution in [2.75, 3.05) is 0 Å². The van der Waals surface area contributed by atoms with Crippen molar-refractivity contribution < 1.29 is 14.4 Å². The van der Waals surface area contributed by atoms with Gasteiger partial charge in [-0.15, -0.1) is 11.3 Å². The molecular formula is C16H13ClN4O3S. The van der Waals surface area contributed by atoms with Crippen molar-refractivity contribution in [3.63, 3.8) is 0 Å². The summed E-state index contributed by atoms with van der Waals surface area (Å²) in [7, 11) is 0. The Hall–Kier alpha value is -2.63. The van der Waals surface area contributed by atoms with Crippen LogP contribution in [-0.4, -0.2) is 26.0 Å². The highest BCUT2D eigenvalue weighted by Crippen LogP contribution is 2.31. The van der Waals surface area contributed by atoms with E-state index >= 15 is 0 Å². The highest BCUT2D eigenvalue weighted by atomic mass is 35.5. The molecule has 0 saturated heterocycles. The van der Waals surface area contributed by atoms with Crippen LogP contribution in [0.1, 0.15) is 40.8 Å². The first-order valence-corrected chi connectivity index (χ1v) is 8.67. The summed E-state index contributed by atoms with van der Waals surface area (Å²) in [5, 5.41) is 27.0. The largest absolute Gasteiger partial charge is 0.476 e. The minimum Gasteiger partial charge on any atom is -0.476 e. The molecule has 25 heavy (non-hydrogen) atoms. The van der Waals surface area contributed by atoms with Crippen molar-refractivity contribution in [1.29, 1.82) is 5.26 Å². The van der Waals surface area contributed by atoms with Crippen molar-refractivity contribution >= 4 is 28.9 Å². The molecule has 0 saturated carbocycles. The van der Waals surface area contributed by atoms with E-state index in [1.165, 1.54) is 16.0 Å². The van der Waals surface area contributed by atoms with E-state index in [-0.39, 0.29) is 17.8 Å². The Kier molecular flexibility index (Phi) is 4.88. The predicted molar refractivity (Wildman–Crippen MR) is 91.8 cm³/mol. The Labute approximate surface area is 152 Å². The monoisotopic (exact) mass is 376 g/mol. The van der Waals surface area contributed by atoms with Gasteiger partial charge in [0.25, 0.3) is 0 Å². The van der Waals surface area contributed by atoms with Gasteiger partial charge in [0, 0.05) is 6.07 Å². The van der Waals surface area contributed by atoms with E-state index in [2.05, 4.69) is 10.3 Å². The maximum atomic E-state index is 11.6. The molecule has 3 heterocycles. The second-order valence-electron chi connectivity index (χ2n) is 5.28. The first-order chi connectivity index (χ1) is 12.0. The number of nitrogens with zero attached hydrogens (tertiary/aromatic N) is 4. The zero-order valence-electron chi connectivity index (χ0n) is 13.2. The number of halogens is 1. The smallest absolute Gasteiger partial charge is 0.355 e. The van der Waals surface area contributed by atoms with E-state index in [0.717, 1.165) is 11.3 Å². The number of hydrogen-bond donors (Lipinski definition) is 1. The summed E-state index contributed by atoms with van der Waals surface area (Å²) >= 11 is 7.27. The van der Waals surface area contributed by atoms with Crippen LogP contribution in [0, 0.1) is 11.3 Å². The van der Waals surface area contributed by atoms with Crippen LogP contribution in [0.3, 0.4) is 0 Å². The lowest BCUT2D eigenvalue weighted by Crippen LogP contribution is -2.12. The number of hydrogen-bond acceptors (Lipinski definition) is 6. The molecule has 9 heteroatoms. The number of nitriles is 1. The first-order valence-electron chi connectivity index (χ1n) is 7.47. The standard InChI is InChI=1S/C16H13ClN4O3S/c1-2-3-11-10(7-18)15(16(22)23)21(19-11)8-9-6-12(24-20-9)13-4-5-14(17)25-13/h4-6H,2-3,8H2,1H3,(H,22,23). The molecule has 1 N–H and O–H groups in total. The Morgan fingerprint density at radius 2 is 2.32 bits per heavy atom. The van der Waals surface area contributed by atoms with Gasteiger partial charge >= 0.3 is 5.97 Å². The highest BCUT2D eigenvalue weighted by molar-refractivity contribution is 7.19. The molecule has 0 fully saturated rings. The van der Waals surface area contributed by atoms with Crippen LogP contribution < -0.4 is 0 Å². The highest BCUT2D eigenvalue weighted by Gasteiger charge is 2.23. The van der Waals surface area contributed by atoms with E-state index in [4.69, 9.17) is 16.1 Å². The summed E-state index contributed by atoms with van der Waals surface area (Å²) < 4.78 is 7.22. The van der Waals surface area contributed by atoms with Gasteiger partial charge in [-0.3, -0.25) is 4.68 Å². The molecule has 3 aromatic heterocycles. The van der Waals surface area contributed by atoms with Gasteiger partial charge in [-0.2, -0.15) is 10.4 Å². The number of carboxylic acid groups (broad SMARTS) is 1. The van der Waals surface area contributed by atoms with E-state index in [9.17, 15) is 15.2 Å². The van der Waals surface area contributed by atoms with Crippen LogP contribution in [0.2, 0.25) is 4.34 Å². The molecule has 0 spiro atoms. The molecule has 0 unspecified atom stereocenters. The van der Waals surface area contributed by atoms with E-state index in [1.807, 2.05) is 19.1 Å². The zero-order valence-corrected chi connectivity index (χ0v) is 14.8. The third-order valence-corrected chi connectivity index (χ3v) is 4.76. The summed E-state index contributed by atoms with van der Waals surface area (Å²) in [5.74, 6) is -0.648. The second-order valence-corrected chi connectivity index (χ2v) is 7.00. The Morgan fingerprint density at radius 1 is 1.52 bits per heavy atom. The first kappa shape index (κ1) is 17.2. The van der Waals surface area contributed by atoms with E-state index < -0.39 is 5.97 Å². The lowest BCUT2D eigenvalue weighted by atomic mass is 10.1. The summed E-state index contributed by atoms with van der Waals surface area (Å²) in [5.41, 5.74) is 0.964. The molecule has 3 rings (SSSR count). The molecule has 0 atom stereocenters. The van der Waals surface area contributed by atoms with E-state index in [0.29, 0.717) is 27.9 Å². The van der Waals surface area contributed by atoms with Gasteiger partial charge < -0.3 is 9.63 Å². The maximum absolute atomic E-state index is 11.6. The number of carboxylic acids is 1. The average molecular weight is 377 g/mol. The number of thiophene rings is 1. The Morgan fingerprint density at radius 3 is 2.92 bits per heavy atom. The fraction of sp³-hybridized carbons (Fsp3) is 0.250. The predicted octanol–water partition coefficient (Wildman–Crippen LogP) is 3.82. The molecule has 0 aliphatic heterocycles. The molecule has 0 aliphatic rings. The summed E-state index contributed by atoms with van der Waals surface area (Å²) in [6, 6.07) is 7.24. The zero-order chi connectivity index (χ0) is 18.0. The number of aryl methyl sites for hydroxylation is 1. The van der Waals surface area contributed by atoms with Gasteiger partial charge in [0.15, 0.2) is 11.5 Å². The maximum Gasteiger partial charge on any atom is 0.355 e. The van der Waals surface area contributed by atoms with Gasteiger partial charge in [0.05, 0.1) is 21.5 Å². The van der Waals surface area contributed by atoms with Crippen LogP contribution in [0.4, 0.5) is 0 Å². The van der Waals surface area contributed by atoms with Gasteiger partial charge in [-0.05, 0) is 18.6 Å². The molecular weight excluding hydrogens is 364 g/mol. The molecule has 0 aromatic carbocycles. The Bertz CT molecular complexity index is 967. The number of aromatic carboxylic acids is 1. The normalized spacial score (nSPS) is 10.8. The molecule has 0 radical (unpaired) electrons. The van der Waals surface area contributed by atoms with Gasteiger partial charge in [-0.25, -0.2) is 4.79 Å². The van der Waals surface area contributed by atoms with Crippen LogP contribution in [0.5, 0.6) is 0 Å². The Balaban J connectivity index is 1.94. The lowest BCUT2D eigenvalue weighted by molar-refractivity contribution is 0.0683. The minimum atomic E-state index is -1.19. The SMILES string of the molecule is CCCc1nn(Cc2cc(-c3ccc(Cl)s3)on2)c(C(=O)O)c1C#N. The minimum absolute atomic E-state index is 0.0998. The second kappa shape index (κ2) is 7.09. The topological polar surface area (TPSA) is 105 Å². The van der Waals surface area contributed by atoms with Gasteiger partial charge in [0.1, 0.15) is 17.3 Å². The van der Waals surface area contributed by atoms with Crippen molar-refractivity contribution in [3.8, 4) is 16.7 Å². The quantitative estimate of drug-likeness (QED) is 0.701. The average Bonchev–Trinajstić information content (AvgIpc) is 3.26. The molecule has 128 valence electrons. The molecule has 0 bridgehead atoms. The van der Waals surface area contributed by atoms with Crippen molar-refractivity contribution in [1.82, 2.24) is 14.9 Å². The third-order valence-electron chi connectivity index (χ3n) is 3.51. The van der Waals surface area contributed by atoms with Crippen LogP contribution in [0.15, 0.2) is 22.7 Å². The molecule has 3 aromatic rings. The number of carbonyl (C=O) groups is 1.